The van der Waals surface area contributed by atoms with Crippen LogP contribution in [0.3, 0.4) is 0 Å². The Morgan fingerprint density at radius 2 is 2.23 bits per heavy atom. The maximum Gasteiger partial charge on any atom is 0.242 e. The van der Waals surface area contributed by atoms with Gasteiger partial charge >= 0.3 is 0 Å². The highest BCUT2D eigenvalue weighted by atomic mass is 32.1. The summed E-state index contributed by atoms with van der Waals surface area (Å²) in [4.78, 5) is 29.9. The average molecular weight is 317 g/mol. The molecule has 6 heteroatoms. The van der Waals surface area contributed by atoms with E-state index in [0.717, 1.165) is 29.8 Å². The van der Waals surface area contributed by atoms with Crippen LogP contribution in [0.15, 0.2) is 24.3 Å². The molecule has 1 aliphatic rings. The van der Waals surface area contributed by atoms with E-state index in [1.807, 2.05) is 18.2 Å². The number of carbonyl (C=O) groups excluding carboxylic acids is 2. The molecule has 22 heavy (non-hydrogen) atoms. The molecular weight excluding hydrogens is 298 g/mol. The number of para-hydroxylation sites is 1. The van der Waals surface area contributed by atoms with Crippen molar-refractivity contribution in [2.45, 2.75) is 32.2 Å². The molecule has 1 fully saturated rings. The van der Waals surface area contributed by atoms with Crippen LogP contribution in [0.1, 0.15) is 24.8 Å². The zero-order valence-corrected chi connectivity index (χ0v) is 13.4. The van der Waals surface area contributed by atoms with Crippen LogP contribution < -0.4 is 5.32 Å². The Morgan fingerprint density at radius 1 is 1.41 bits per heavy atom. The van der Waals surface area contributed by atoms with Gasteiger partial charge in [0.1, 0.15) is 6.04 Å². The van der Waals surface area contributed by atoms with Crippen LogP contribution in [0.4, 0.5) is 0 Å². The van der Waals surface area contributed by atoms with Gasteiger partial charge in [-0.2, -0.15) is 0 Å². The zero-order chi connectivity index (χ0) is 15.5. The monoisotopic (exact) mass is 317 g/mol. The topological polar surface area (TPSA) is 62.3 Å². The molecule has 2 heterocycles. The molecule has 1 N–H and O–H groups in total. The lowest BCUT2D eigenvalue weighted by Crippen LogP contribution is -2.45. The molecule has 0 saturated carbocycles. The number of nitrogens with one attached hydrogen (secondary N) is 1. The summed E-state index contributed by atoms with van der Waals surface area (Å²) in [6.07, 6.45) is 2.37. The highest BCUT2D eigenvalue weighted by Crippen LogP contribution is 2.21. The molecule has 0 radical (unpaired) electrons. The first-order valence-electron chi connectivity index (χ1n) is 7.54. The third kappa shape index (κ3) is 3.11. The SMILES string of the molecule is CC(=O)N1CCCC1C(=O)NCCc1nc2ccccc2s1. The van der Waals surface area contributed by atoms with Crippen molar-refractivity contribution in [2.75, 3.05) is 13.1 Å². The third-order valence-corrected chi connectivity index (χ3v) is 5.03. The van der Waals surface area contributed by atoms with Crippen molar-refractivity contribution in [1.82, 2.24) is 15.2 Å². The van der Waals surface area contributed by atoms with Gasteiger partial charge in [0.25, 0.3) is 0 Å². The summed E-state index contributed by atoms with van der Waals surface area (Å²) < 4.78 is 1.17. The largest absolute Gasteiger partial charge is 0.354 e. The first-order chi connectivity index (χ1) is 10.6. The van der Waals surface area contributed by atoms with Gasteiger partial charge in [-0.05, 0) is 25.0 Å². The molecule has 0 bridgehead atoms. The number of fused-ring (bicyclic) bond motifs is 1. The quantitative estimate of drug-likeness (QED) is 0.938. The molecule has 0 aliphatic carbocycles. The molecule has 1 aromatic carbocycles. The van der Waals surface area contributed by atoms with E-state index in [4.69, 9.17) is 0 Å². The number of hydrogen-bond donors (Lipinski definition) is 1. The molecule has 5 nitrogen and oxygen atoms in total. The third-order valence-electron chi connectivity index (χ3n) is 3.94. The van der Waals surface area contributed by atoms with Crippen molar-refractivity contribution in [3.8, 4) is 0 Å². The Hall–Kier alpha value is -1.95. The molecule has 1 aromatic heterocycles. The minimum Gasteiger partial charge on any atom is -0.354 e. The van der Waals surface area contributed by atoms with Gasteiger partial charge in [-0.25, -0.2) is 4.98 Å². The molecular formula is C16H19N3O2S. The number of aromatic nitrogens is 1. The highest BCUT2D eigenvalue weighted by Gasteiger charge is 2.31. The molecule has 1 aliphatic heterocycles. The van der Waals surface area contributed by atoms with Crippen LogP contribution in [0.2, 0.25) is 0 Å². The Bertz CT molecular complexity index is 665. The maximum absolute atomic E-state index is 12.2. The van der Waals surface area contributed by atoms with Crippen molar-refractivity contribution in [3.05, 3.63) is 29.3 Å². The van der Waals surface area contributed by atoms with Crippen LogP contribution in [-0.4, -0.2) is 40.8 Å². The summed E-state index contributed by atoms with van der Waals surface area (Å²) >= 11 is 1.66. The summed E-state index contributed by atoms with van der Waals surface area (Å²) in [5, 5.41) is 3.96. The van der Waals surface area contributed by atoms with E-state index in [1.54, 1.807) is 16.2 Å². The molecule has 0 spiro atoms. The Morgan fingerprint density at radius 3 is 3.00 bits per heavy atom. The number of hydrogen-bond acceptors (Lipinski definition) is 4. The van der Waals surface area contributed by atoms with Crippen LogP contribution in [0.25, 0.3) is 10.2 Å². The number of amides is 2. The lowest BCUT2D eigenvalue weighted by molar-refractivity contribution is -0.136. The summed E-state index contributed by atoms with van der Waals surface area (Å²) in [6, 6.07) is 7.73. The fraction of sp³-hybridized carbons (Fsp3) is 0.438. The predicted octanol–water partition coefficient (Wildman–Crippen LogP) is 1.97. The lowest BCUT2D eigenvalue weighted by Gasteiger charge is -2.22. The fourth-order valence-corrected chi connectivity index (χ4v) is 3.82. The number of rotatable bonds is 4. The maximum atomic E-state index is 12.2. The van der Waals surface area contributed by atoms with Gasteiger partial charge in [-0.1, -0.05) is 12.1 Å². The van der Waals surface area contributed by atoms with Crippen LogP contribution in [0, 0.1) is 0 Å². The minimum atomic E-state index is -0.298. The lowest BCUT2D eigenvalue weighted by atomic mass is 10.2. The molecule has 1 atom stereocenters. The van der Waals surface area contributed by atoms with Crippen LogP contribution >= 0.6 is 11.3 Å². The second kappa shape index (κ2) is 6.44. The Labute approximate surface area is 133 Å². The normalized spacial score (nSPS) is 17.9. The summed E-state index contributed by atoms with van der Waals surface area (Å²) in [7, 11) is 0. The second-order valence-electron chi connectivity index (χ2n) is 5.49. The van der Waals surface area contributed by atoms with E-state index in [9.17, 15) is 9.59 Å². The zero-order valence-electron chi connectivity index (χ0n) is 12.5. The summed E-state index contributed by atoms with van der Waals surface area (Å²) in [6.45, 7) is 2.76. The minimum absolute atomic E-state index is 0.0242. The van der Waals surface area contributed by atoms with E-state index in [1.165, 1.54) is 11.6 Å². The Balaban J connectivity index is 1.54. The van der Waals surface area contributed by atoms with Gasteiger partial charge in [0, 0.05) is 26.4 Å². The van der Waals surface area contributed by atoms with Crippen LogP contribution in [-0.2, 0) is 16.0 Å². The fourth-order valence-electron chi connectivity index (χ4n) is 2.85. The number of nitrogens with zero attached hydrogens (tertiary/aromatic N) is 2. The van der Waals surface area contributed by atoms with Gasteiger partial charge in [0.05, 0.1) is 15.2 Å². The van der Waals surface area contributed by atoms with Gasteiger partial charge < -0.3 is 10.2 Å². The van der Waals surface area contributed by atoms with Gasteiger partial charge in [0.15, 0.2) is 0 Å². The van der Waals surface area contributed by atoms with Crippen molar-refractivity contribution >= 4 is 33.4 Å². The van der Waals surface area contributed by atoms with E-state index in [-0.39, 0.29) is 17.9 Å². The second-order valence-corrected chi connectivity index (χ2v) is 6.60. The van der Waals surface area contributed by atoms with E-state index < -0.39 is 0 Å². The number of carbonyl (C=O) groups is 2. The van der Waals surface area contributed by atoms with Gasteiger partial charge in [-0.15, -0.1) is 11.3 Å². The smallest absolute Gasteiger partial charge is 0.242 e. The average Bonchev–Trinajstić information content (AvgIpc) is 3.13. The first-order valence-corrected chi connectivity index (χ1v) is 8.36. The van der Waals surface area contributed by atoms with Crippen molar-refractivity contribution in [2.24, 2.45) is 0 Å². The van der Waals surface area contributed by atoms with E-state index in [2.05, 4.69) is 16.4 Å². The standard InChI is InChI=1S/C16H19N3O2S/c1-11(20)19-10-4-6-13(19)16(21)17-9-8-15-18-12-5-2-3-7-14(12)22-15/h2-3,5,7,13H,4,6,8-10H2,1H3,(H,17,21). The molecule has 2 amide bonds. The van der Waals surface area contributed by atoms with Crippen molar-refractivity contribution < 1.29 is 9.59 Å². The highest BCUT2D eigenvalue weighted by molar-refractivity contribution is 7.18. The number of thiazole rings is 1. The predicted molar refractivity (Wildman–Crippen MR) is 86.7 cm³/mol. The van der Waals surface area contributed by atoms with Gasteiger partial charge in [-0.3, -0.25) is 9.59 Å². The van der Waals surface area contributed by atoms with Gasteiger partial charge in [0.2, 0.25) is 11.8 Å². The number of benzene rings is 1. The molecule has 1 unspecified atom stereocenters. The molecule has 2 aromatic rings. The van der Waals surface area contributed by atoms with Crippen molar-refractivity contribution in [3.63, 3.8) is 0 Å². The number of likely N-dealkylation sites (tertiary alicyclic amines) is 1. The van der Waals surface area contributed by atoms with Crippen molar-refractivity contribution in [1.29, 1.82) is 0 Å². The summed E-state index contributed by atoms with van der Waals surface area (Å²) in [5.41, 5.74) is 1.01. The molecule has 116 valence electrons. The van der Waals surface area contributed by atoms with E-state index >= 15 is 0 Å². The molecule has 1 saturated heterocycles. The summed E-state index contributed by atoms with van der Waals surface area (Å²) in [5.74, 6) is -0.0716. The van der Waals surface area contributed by atoms with Crippen LogP contribution in [0.5, 0.6) is 0 Å². The molecule has 3 rings (SSSR count). The Kier molecular flexibility index (Phi) is 4.38. The first kappa shape index (κ1) is 15.0. The van der Waals surface area contributed by atoms with E-state index in [0.29, 0.717) is 13.1 Å².